The number of aliphatic hydroxyl groups is 1. The number of ether oxygens (including phenoxy) is 10. The molecular weight excluding hydrogens is 1460 g/mol. The normalized spacial score (nSPS) is 22.8. The van der Waals surface area contributed by atoms with Gasteiger partial charge in [0, 0.05) is 84.8 Å². The van der Waals surface area contributed by atoms with Crippen molar-refractivity contribution in [2.75, 3.05) is 60.2 Å². The van der Waals surface area contributed by atoms with Crippen LogP contribution in [0.2, 0.25) is 0 Å². The maximum atomic E-state index is 16.1. The predicted octanol–water partition coefficient (Wildman–Crippen LogP) is 16.9. The molecule has 6 rings (SSSR count). The Balaban J connectivity index is 1.15. The van der Waals surface area contributed by atoms with Gasteiger partial charge in [-0.3, -0.25) is 33.7 Å². The molecular formula is C91H143N3O20. The van der Waals surface area contributed by atoms with Gasteiger partial charge in [-0.05, 0) is 76.3 Å². The first kappa shape index (κ1) is 96.1. The average molecular weight is 1600 g/mol. The van der Waals surface area contributed by atoms with Gasteiger partial charge in [-0.15, -0.1) is 0 Å². The van der Waals surface area contributed by atoms with Gasteiger partial charge in [0.05, 0.1) is 36.0 Å². The van der Waals surface area contributed by atoms with E-state index in [0.717, 1.165) is 51.4 Å². The van der Waals surface area contributed by atoms with E-state index < -0.39 is 137 Å². The van der Waals surface area contributed by atoms with Crippen molar-refractivity contribution in [2.45, 2.75) is 360 Å². The van der Waals surface area contributed by atoms with Crippen LogP contribution >= 0.6 is 0 Å². The van der Waals surface area contributed by atoms with Crippen LogP contribution in [-0.2, 0) is 80.9 Å². The molecule has 114 heavy (non-hydrogen) atoms. The molecule has 23 nitrogen and oxygen atoms in total. The van der Waals surface area contributed by atoms with E-state index in [9.17, 15) is 38.7 Å². The second-order valence-corrected chi connectivity index (χ2v) is 34.0. The summed E-state index contributed by atoms with van der Waals surface area (Å²) in [5.41, 5.74) is -7.69. The summed E-state index contributed by atoms with van der Waals surface area (Å²) in [5.74, 6) is -7.03. The van der Waals surface area contributed by atoms with E-state index in [4.69, 9.17) is 47.4 Å². The summed E-state index contributed by atoms with van der Waals surface area (Å²) in [6.07, 6.45) is 26.0. The number of carbonyl (C=O) groups is 9. The molecule has 2 aromatic carbocycles. The molecule has 0 aromatic heterocycles. The lowest BCUT2D eigenvalue weighted by Gasteiger charge is -2.67. The maximum absolute atomic E-state index is 16.1. The summed E-state index contributed by atoms with van der Waals surface area (Å²) in [5, 5.41) is 19.8. The highest BCUT2D eigenvalue weighted by atomic mass is 16.6. The van der Waals surface area contributed by atoms with Crippen molar-refractivity contribution in [3.05, 3.63) is 82.9 Å². The number of hydrogen-bond acceptors (Lipinski definition) is 21. The number of hydrogen-bond donors (Lipinski definition) is 3. The summed E-state index contributed by atoms with van der Waals surface area (Å²) < 4.78 is 61.3. The first-order chi connectivity index (χ1) is 54.6. The molecule has 0 spiro atoms. The fourth-order valence-electron chi connectivity index (χ4n) is 17.4. The van der Waals surface area contributed by atoms with Crippen molar-refractivity contribution in [1.29, 1.82) is 0 Å². The maximum Gasteiger partial charge on any atom is 0.408 e. The molecule has 23 heteroatoms. The van der Waals surface area contributed by atoms with Crippen LogP contribution < -0.4 is 10.6 Å². The summed E-state index contributed by atoms with van der Waals surface area (Å²) >= 11 is 0. The summed E-state index contributed by atoms with van der Waals surface area (Å²) in [7, 11) is 2.75. The van der Waals surface area contributed by atoms with E-state index in [1.165, 1.54) is 175 Å². The highest BCUT2D eigenvalue weighted by molar-refractivity contribution is 5.94. The molecule has 3 fully saturated rings. The van der Waals surface area contributed by atoms with E-state index in [1.54, 1.807) is 97.0 Å². The van der Waals surface area contributed by atoms with E-state index in [2.05, 4.69) is 24.5 Å². The van der Waals surface area contributed by atoms with Crippen LogP contribution in [-0.4, -0.2) is 177 Å². The molecule has 2 amide bonds. The Labute approximate surface area is 681 Å². The smallest absolute Gasteiger partial charge is 0.408 e. The SMILES string of the molecule is CCCCCCCCCCCCCCCCCC(=O)OCCN(CCNC(=O)CCC(=O)O[C@@H](C(=O)O[C@H]1C[C@@]2(O)[C@@H](OC(=O)c3ccccc3)[C@@H]3[C@]4(OC(C)=O)CO[C@@H]4C[C@H](OC)[C@@]3(C)C(=O)[C@H](OC)C(=C1C)C2(C)C)[C@@H](NC(=O)OC(C)(C)C)c1ccccc1)CCOC(=O)CCCCCCCCCCCCCCCCC. The van der Waals surface area contributed by atoms with Gasteiger partial charge in [-0.2, -0.15) is 0 Å². The number of nitrogens with one attached hydrogen (secondary N) is 2. The van der Waals surface area contributed by atoms with Gasteiger partial charge in [0.2, 0.25) is 12.0 Å². The minimum atomic E-state index is -2.37. The third kappa shape index (κ3) is 29.1. The van der Waals surface area contributed by atoms with E-state index in [0.29, 0.717) is 25.9 Å². The highest BCUT2D eigenvalue weighted by Gasteiger charge is 2.78. The number of ketones is 1. The highest BCUT2D eigenvalue weighted by Crippen LogP contribution is 2.65. The average Bonchev–Trinajstić information content (AvgIpc) is 0.668. The number of fused-ring (bicyclic) bond motifs is 5. The molecule has 1 heterocycles. The lowest BCUT2D eigenvalue weighted by molar-refractivity contribution is -0.347. The zero-order chi connectivity index (χ0) is 83.2. The Bertz CT molecular complexity index is 3250. The first-order valence-corrected chi connectivity index (χ1v) is 43.5. The largest absolute Gasteiger partial charge is 0.464 e. The Kier molecular flexibility index (Phi) is 41.7. The van der Waals surface area contributed by atoms with Crippen molar-refractivity contribution in [3.8, 4) is 0 Å². The fraction of sp³-hybridized carbons (Fsp3) is 0.747. The standard InChI is InChI=1S/C91H143N3O20/c1-13-15-17-19-21-23-25-27-29-31-33-35-37-39-47-53-74(97)107-61-59-94(60-62-108-75(98)54-48-40-38-36-34-32-30-28-26-24-22-20-18-16-14-2)58-57-92-73(96)55-56-76(99)111-80(78(68-49-43-41-44-50-68)93-86(103)114-87(5,6)7)85(102)110-70-64-91(104)83(112-84(101)69-51-45-42-46-52-69)81-89(10,82(100)79(106-12)77(66(70)3)88(91,8)9)71(105-11)63-72-90(81,65-109-72)113-67(4)95/h41-46,49-52,70-72,78-81,83,104H,13-40,47-48,53-65H2,1-12H3,(H,92,96)(H,93,103)/t70-,71-,72+,78-,79+,80+,81-,83-,89+,90-,91+/m0/s1. The second-order valence-electron chi connectivity index (χ2n) is 34.0. The first-order valence-electron chi connectivity index (χ1n) is 43.5. The van der Waals surface area contributed by atoms with Gasteiger partial charge in [0.15, 0.2) is 11.4 Å². The topological polar surface area (TPSA) is 293 Å². The number of esters is 6. The fourth-order valence-corrected chi connectivity index (χ4v) is 17.4. The Morgan fingerprint density at radius 3 is 1.54 bits per heavy atom. The zero-order valence-corrected chi connectivity index (χ0v) is 71.4. The minimum Gasteiger partial charge on any atom is -0.464 e. The molecule has 3 aliphatic carbocycles. The van der Waals surface area contributed by atoms with E-state index in [-0.39, 0.29) is 73.5 Å². The van der Waals surface area contributed by atoms with Gasteiger partial charge in [0.1, 0.15) is 54.9 Å². The number of Topliss-reactive ketones (excluding diaryl/α,β-unsaturated/α-hetero) is 1. The summed E-state index contributed by atoms with van der Waals surface area (Å²) in [4.78, 5) is 130. The number of amides is 2. The molecule has 0 unspecified atom stereocenters. The quantitative estimate of drug-likeness (QED) is 0.0240. The van der Waals surface area contributed by atoms with Crippen LogP contribution in [0.1, 0.15) is 322 Å². The molecule has 1 aliphatic heterocycles. The monoisotopic (exact) mass is 1600 g/mol. The second kappa shape index (κ2) is 49.4. The van der Waals surface area contributed by atoms with Crippen LogP contribution in [0.5, 0.6) is 0 Å². The van der Waals surface area contributed by atoms with Crippen LogP contribution in [0.25, 0.3) is 0 Å². The molecule has 1 saturated heterocycles. The molecule has 2 saturated carbocycles. The number of carbonyl (C=O) groups excluding carboxylic acids is 9. The third-order valence-corrected chi connectivity index (χ3v) is 23.9. The number of nitrogens with zero attached hydrogens (tertiary/aromatic N) is 1. The number of benzene rings is 2. The third-order valence-electron chi connectivity index (χ3n) is 23.9. The van der Waals surface area contributed by atoms with Gasteiger partial charge in [-0.25, -0.2) is 14.4 Å². The van der Waals surface area contributed by atoms with Crippen LogP contribution in [0.4, 0.5) is 4.79 Å². The molecule has 642 valence electrons. The van der Waals surface area contributed by atoms with Crippen molar-refractivity contribution in [3.63, 3.8) is 0 Å². The van der Waals surface area contributed by atoms with Crippen molar-refractivity contribution >= 4 is 53.6 Å². The number of rotatable bonds is 55. The van der Waals surface area contributed by atoms with E-state index >= 15 is 9.59 Å². The lowest BCUT2D eigenvalue weighted by atomic mass is 9.44. The number of methoxy groups -OCH3 is 2. The molecule has 2 bridgehead atoms. The van der Waals surface area contributed by atoms with Crippen LogP contribution in [0.15, 0.2) is 71.8 Å². The molecule has 4 aliphatic rings. The van der Waals surface area contributed by atoms with Crippen LogP contribution in [0, 0.1) is 16.7 Å². The lowest BCUT2D eigenvalue weighted by Crippen LogP contribution is -2.82. The zero-order valence-electron chi connectivity index (χ0n) is 71.4. The van der Waals surface area contributed by atoms with Crippen LogP contribution in [0.3, 0.4) is 0 Å². The summed E-state index contributed by atoms with van der Waals surface area (Å²) in [6.45, 7) is 18.1. The minimum absolute atomic E-state index is 0.0588. The number of alkyl carbamates (subject to hydrolysis) is 1. The predicted molar refractivity (Wildman–Crippen MR) is 437 cm³/mol. The van der Waals surface area contributed by atoms with Gasteiger partial charge in [0.25, 0.3) is 0 Å². The summed E-state index contributed by atoms with van der Waals surface area (Å²) in [6, 6.07) is 14.7. The van der Waals surface area contributed by atoms with Crippen molar-refractivity contribution in [1.82, 2.24) is 15.5 Å². The van der Waals surface area contributed by atoms with Gasteiger partial charge < -0.3 is 63.1 Å². The molecule has 3 N–H and O–H groups in total. The molecule has 0 radical (unpaired) electrons. The molecule has 11 atom stereocenters. The van der Waals surface area contributed by atoms with Gasteiger partial charge >= 0.3 is 41.9 Å². The van der Waals surface area contributed by atoms with Gasteiger partial charge in [-0.1, -0.05) is 256 Å². The Morgan fingerprint density at radius 1 is 0.614 bits per heavy atom. The Morgan fingerprint density at radius 2 is 1.10 bits per heavy atom. The number of unbranched alkanes of at least 4 members (excludes halogenated alkanes) is 28. The Hall–Kier alpha value is -6.79. The van der Waals surface area contributed by atoms with Crippen molar-refractivity contribution in [2.24, 2.45) is 16.7 Å². The van der Waals surface area contributed by atoms with Crippen molar-refractivity contribution < 1.29 is 95.6 Å². The van der Waals surface area contributed by atoms with E-state index in [1.807, 2.05) is 4.90 Å². The molecule has 2 aromatic rings.